The highest BCUT2D eigenvalue weighted by Crippen LogP contribution is 2.25. The van der Waals surface area contributed by atoms with Gasteiger partial charge in [0.15, 0.2) is 11.0 Å². The minimum atomic E-state index is -0.454. The summed E-state index contributed by atoms with van der Waals surface area (Å²) in [5.41, 5.74) is 2.96. The maximum atomic E-state index is 12.2. The lowest BCUT2D eigenvalue weighted by molar-refractivity contribution is -0.683. The first-order valence-electron chi connectivity index (χ1n) is 7.61. The lowest BCUT2D eigenvalue weighted by Crippen LogP contribution is -2.29. The normalized spacial score (nSPS) is 10.8. The van der Waals surface area contributed by atoms with Gasteiger partial charge >= 0.3 is 5.16 Å². The van der Waals surface area contributed by atoms with E-state index in [1.807, 2.05) is 35.9 Å². The number of benzene rings is 2. The van der Waals surface area contributed by atoms with Crippen LogP contribution in [0.5, 0.6) is 0 Å². The maximum absolute atomic E-state index is 12.2. The van der Waals surface area contributed by atoms with E-state index in [1.54, 1.807) is 19.1 Å². The summed E-state index contributed by atoms with van der Waals surface area (Å²) in [6, 6.07) is 12.5. The molecule has 0 atom stereocenters. The molecule has 0 bridgehead atoms. The standard InChI is InChI=1S/C17H16N4O3S/c1-11-12(7-5-9-14(11)21(23)24)18-16(22)10-25-17-19-13-6-3-4-8-15(13)20(17)2/h3-9H,10H2,1-2H3,(H,18,22)/p+1. The Morgan fingerprint density at radius 2 is 2.04 bits per heavy atom. The molecule has 0 radical (unpaired) electrons. The van der Waals surface area contributed by atoms with Crippen molar-refractivity contribution in [1.82, 2.24) is 4.98 Å². The van der Waals surface area contributed by atoms with Gasteiger partial charge in [-0.25, -0.2) is 9.55 Å². The minimum Gasteiger partial charge on any atom is -0.325 e. The number of aromatic nitrogens is 2. The van der Waals surface area contributed by atoms with Crippen molar-refractivity contribution in [3.8, 4) is 0 Å². The number of H-pyrrole nitrogens is 1. The largest absolute Gasteiger partial charge is 0.325 e. The molecule has 2 N–H and O–H groups in total. The number of nitrogens with zero attached hydrogens (tertiary/aromatic N) is 2. The molecule has 7 nitrogen and oxygen atoms in total. The topological polar surface area (TPSA) is 91.9 Å². The molecular weight excluding hydrogens is 340 g/mol. The van der Waals surface area contributed by atoms with Crippen LogP contribution >= 0.6 is 11.8 Å². The number of anilines is 1. The van der Waals surface area contributed by atoms with Gasteiger partial charge < -0.3 is 5.32 Å². The van der Waals surface area contributed by atoms with E-state index in [4.69, 9.17) is 0 Å². The molecule has 1 amide bonds. The zero-order valence-corrected chi connectivity index (χ0v) is 14.6. The van der Waals surface area contributed by atoms with E-state index >= 15 is 0 Å². The number of imidazole rings is 1. The van der Waals surface area contributed by atoms with Crippen molar-refractivity contribution < 1.29 is 14.3 Å². The van der Waals surface area contributed by atoms with Crippen molar-refractivity contribution in [2.45, 2.75) is 12.1 Å². The summed E-state index contributed by atoms with van der Waals surface area (Å²) in [6.07, 6.45) is 0. The number of para-hydroxylation sites is 2. The zero-order valence-electron chi connectivity index (χ0n) is 13.8. The number of nitro groups is 1. The predicted molar refractivity (Wildman–Crippen MR) is 96.7 cm³/mol. The van der Waals surface area contributed by atoms with Crippen molar-refractivity contribution in [2.75, 3.05) is 11.1 Å². The summed E-state index contributed by atoms with van der Waals surface area (Å²) in [6.45, 7) is 1.62. The van der Waals surface area contributed by atoms with E-state index in [9.17, 15) is 14.9 Å². The molecule has 0 aliphatic carbocycles. The van der Waals surface area contributed by atoms with Crippen molar-refractivity contribution in [3.63, 3.8) is 0 Å². The highest BCUT2D eigenvalue weighted by Gasteiger charge is 2.18. The molecule has 0 aliphatic rings. The van der Waals surface area contributed by atoms with Crippen LogP contribution < -0.4 is 9.88 Å². The molecule has 25 heavy (non-hydrogen) atoms. The maximum Gasteiger partial charge on any atom is 0.317 e. The van der Waals surface area contributed by atoms with Crippen molar-refractivity contribution in [1.29, 1.82) is 0 Å². The molecule has 0 unspecified atom stereocenters. The molecule has 2 aromatic carbocycles. The van der Waals surface area contributed by atoms with Crippen LogP contribution in [0.1, 0.15) is 5.56 Å². The highest BCUT2D eigenvalue weighted by molar-refractivity contribution is 7.99. The Morgan fingerprint density at radius 1 is 1.28 bits per heavy atom. The second-order valence-corrected chi connectivity index (χ2v) is 6.51. The molecule has 0 spiro atoms. The van der Waals surface area contributed by atoms with Gasteiger partial charge in [-0.1, -0.05) is 18.2 Å². The Hall–Kier alpha value is -2.87. The number of hydrogen-bond acceptors (Lipinski definition) is 4. The molecule has 128 valence electrons. The van der Waals surface area contributed by atoms with Crippen LogP contribution in [0.25, 0.3) is 11.0 Å². The molecule has 1 aromatic heterocycles. The first-order chi connectivity index (χ1) is 12.0. The molecule has 3 aromatic rings. The fraction of sp³-hybridized carbons (Fsp3) is 0.176. The number of rotatable bonds is 5. The highest BCUT2D eigenvalue weighted by atomic mass is 32.2. The fourth-order valence-electron chi connectivity index (χ4n) is 2.59. The van der Waals surface area contributed by atoms with E-state index in [1.165, 1.54) is 17.8 Å². The Labute approximate surface area is 148 Å². The van der Waals surface area contributed by atoms with Crippen LogP contribution in [0.4, 0.5) is 11.4 Å². The van der Waals surface area contributed by atoms with Gasteiger partial charge in [-0.05, 0) is 36.9 Å². The van der Waals surface area contributed by atoms with Gasteiger partial charge in [-0.15, -0.1) is 0 Å². The molecule has 1 heterocycles. The number of amides is 1. The number of nitrogens with one attached hydrogen (secondary N) is 2. The molecular formula is C17H17N4O3S+. The second-order valence-electron chi connectivity index (χ2n) is 5.55. The number of aryl methyl sites for hydroxylation is 1. The molecule has 0 saturated heterocycles. The Bertz CT molecular complexity index is 968. The predicted octanol–water partition coefficient (Wildman–Crippen LogP) is 2.94. The number of carbonyl (C=O) groups excluding carboxylic acids is 1. The number of fused-ring (bicyclic) bond motifs is 1. The number of thioether (sulfide) groups is 1. The third kappa shape index (κ3) is 3.48. The lowest BCUT2D eigenvalue weighted by atomic mass is 10.1. The molecule has 0 aliphatic heterocycles. The van der Waals surface area contributed by atoms with Crippen molar-refractivity contribution in [3.05, 3.63) is 58.1 Å². The summed E-state index contributed by atoms with van der Waals surface area (Å²) >= 11 is 1.38. The van der Waals surface area contributed by atoms with E-state index < -0.39 is 4.92 Å². The Balaban J connectivity index is 1.70. The summed E-state index contributed by atoms with van der Waals surface area (Å²) < 4.78 is 1.99. The van der Waals surface area contributed by atoms with Crippen LogP contribution in [-0.2, 0) is 11.8 Å². The summed E-state index contributed by atoms with van der Waals surface area (Å²) in [5.74, 6) is -0.0183. The third-order valence-electron chi connectivity index (χ3n) is 3.93. The van der Waals surface area contributed by atoms with E-state index in [0.29, 0.717) is 11.3 Å². The monoisotopic (exact) mass is 357 g/mol. The number of carbonyl (C=O) groups is 1. The van der Waals surface area contributed by atoms with Crippen LogP contribution in [0.2, 0.25) is 0 Å². The Morgan fingerprint density at radius 3 is 2.76 bits per heavy atom. The minimum absolute atomic E-state index is 0.00697. The number of nitro benzene ring substituents is 1. The van der Waals surface area contributed by atoms with Crippen molar-refractivity contribution >= 4 is 40.1 Å². The van der Waals surface area contributed by atoms with Crippen LogP contribution in [-0.4, -0.2) is 21.6 Å². The first kappa shape index (κ1) is 17.0. The average molecular weight is 357 g/mol. The SMILES string of the molecule is Cc1c(NC(=O)CSc2[nH]c3ccccc3[n+]2C)cccc1[N+](=O)[O-]. The van der Waals surface area contributed by atoms with Crippen LogP contribution in [0.3, 0.4) is 0 Å². The fourth-order valence-corrected chi connectivity index (χ4v) is 3.40. The van der Waals surface area contributed by atoms with Gasteiger partial charge in [-0.2, -0.15) is 0 Å². The summed E-state index contributed by atoms with van der Waals surface area (Å²) in [7, 11) is 1.93. The lowest BCUT2D eigenvalue weighted by Gasteiger charge is -2.07. The van der Waals surface area contributed by atoms with Gasteiger partial charge in [0, 0.05) is 6.07 Å². The quantitative estimate of drug-likeness (QED) is 0.318. The average Bonchev–Trinajstić information content (AvgIpc) is 2.91. The zero-order chi connectivity index (χ0) is 18.0. The van der Waals surface area contributed by atoms with Gasteiger partial charge in [0.25, 0.3) is 5.69 Å². The number of aromatic amines is 1. The third-order valence-corrected chi connectivity index (χ3v) is 4.98. The van der Waals surface area contributed by atoms with E-state index in [2.05, 4.69) is 10.3 Å². The molecule has 8 heteroatoms. The van der Waals surface area contributed by atoms with Crippen LogP contribution in [0.15, 0.2) is 47.6 Å². The Kier molecular flexibility index (Phi) is 4.71. The summed E-state index contributed by atoms with van der Waals surface area (Å²) in [4.78, 5) is 26.0. The van der Waals surface area contributed by atoms with Gasteiger partial charge in [0.05, 0.1) is 29.0 Å². The smallest absolute Gasteiger partial charge is 0.317 e. The van der Waals surface area contributed by atoms with Gasteiger partial charge in [0.2, 0.25) is 5.91 Å². The molecule has 3 rings (SSSR count). The first-order valence-corrected chi connectivity index (χ1v) is 8.59. The van der Waals surface area contributed by atoms with Crippen LogP contribution in [0, 0.1) is 17.0 Å². The van der Waals surface area contributed by atoms with E-state index in [0.717, 1.165) is 16.2 Å². The second kappa shape index (κ2) is 6.94. The van der Waals surface area contributed by atoms with Gasteiger partial charge in [0.1, 0.15) is 0 Å². The van der Waals surface area contributed by atoms with Crippen molar-refractivity contribution in [2.24, 2.45) is 7.05 Å². The molecule has 0 saturated carbocycles. The number of hydrogen-bond donors (Lipinski definition) is 2. The van der Waals surface area contributed by atoms with E-state index in [-0.39, 0.29) is 17.3 Å². The summed E-state index contributed by atoms with van der Waals surface area (Å²) in [5, 5.41) is 14.6. The van der Waals surface area contributed by atoms with Gasteiger partial charge in [-0.3, -0.25) is 14.9 Å². The molecule has 0 fully saturated rings.